The maximum atomic E-state index is 13.1. The van der Waals surface area contributed by atoms with Gasteiger partial charge in [-0.25, -0.2) is 13.4 Å². The van der Waals surface area contributed by atoms with Gasteiger partial charge in [0, 0.05) is 19.6 Å². The predicted molar refractivity (Wildman–Crippen MR) is 126 cm³/mol. The normalized spacial score (nSPS) is 16.8. The third-order valence-electron chi connectivity index (χ3n) is 5.91. The molecule has 0 bridgehead atoms. The monoisotopic (exact) mass is 469 g/mol. The van der Waals surface area contributed by atoms with Crippen LogP contribution in [0.4, 0.5) is 0 Å². The van der Waals surface area contributed by atoms with Crippen molar-refractivity contribution in [3.8, 4) is 11.5 Å². The number of unbranched alkanes of at least 4 members (excludes halogenated alkanes) is 1. The predicted octanol–water partition coefficient (Wildman–Crippen LogP) is 3.76. The van der Waals surface area contributed by atoms with Crippen molar-refractivity contribution in [1.82, 2.24) is 13.9 Å². The number of sulfonamides is 1. The van der Waals surface area contributed by atoms with Gasteiger partial charge in [0.05, 0.1) is 29.1 Å². The molecular weight excluding hydrogens is 442 g/mol. The van der Waals surface area contributed by atoms with Crippen molar-refractivity contribution in [2.45, 2.75) is 31.2 Å². The Morgan fingerprint density at radius 2 is 1.85 bits per heavy atom. The average molecular weight is 470 g/mol. The molecule has 2 aliphatic rings. The summed E-state index contributed by atoms with van der Waals surface area (Å²) in [4.78, 5) is 5.05. The second-order valence-electron chi connectivity index (χ2n) is 8.09. The van der Waals surface area contributed by atoms with Crippen molar-refractivity contribution >= 4 is 33.2 Å². The molecule has 3 aromatic rings. The lowest BCUT2D eigenvalue weighted by Crippen LogP contribution is -2.40. The molecule has 0 N–H and O–H groups in total. The van der Waals surface area contributed by atoms with Gasteiger partial charge in [0.25, 0.3) is 0 Å². The number of imidazole rings is 1. The fourth-order valence-electron chi connectivity index (χ4n) is 4.09. The summed E-state index contributed by atoms with van der Waals surface area (Å²) in [7, 11) is -3.57. The van der Waals surface area contributed by atoms with E-state index in [0.717, 1.165) is 47.8 Å². The van der Waals surface area contributed by atoms with Gasteiger partial charge in [-0.3, -0.25) is 0 Å². The van der Waals surface area contributed by atoms with Gasteiger partial charge in [-0.05, 0) is 48.4 Å². The summed E-state index contributed by atoms with van der Waals surface area (Å²) < 4.78 is 46.0. The van der Waals surface area contributed by atoms with E-state index in [0.29, 0.717) is 31.8 Å². The zero-order valence-corrected chi connectivity index (χ0v) is 19.4. The summed E-state index contributed by atoms with van der Waals surface area (Å²) in [5.41, 5.74) is 2.57. The van der Waals surface area contributed by atoms with E-state index in [1.54, 1.807) is 12.1 Å². The Labute approximate surface area is 193 Å². The smallest absolute Gasteiger partial charge is 0.243 e. The summed E-state index contributed by atoms with van der Waals surface area (Å²) in [5, 5.41) is 0. The summed E-state index contributed by atoms with van der Waals surface area (Å²) in [6.07, 6.45) is 6.00. The first kappa shape index (κ1) is 21.9. The van der Waals surface area contributed by atoms with Gasteiger partial charge in [-0.15, -0.1) is 0 Å². The molecule has 0 radical (unpaired) electrons. The van der Waals surface area contributed by atoms with Gasteiger partial charge >= 0.3 is 0 Å². The van der Waals surface area contributed by atoms with E-state index in [4.69, 9.17) is 19.2 Å². The van der Waals surface area contributed by atoms with Crippen LogP contribution >= 0.6 is 0 Å². The van der Waals surface area contributed by atoms with Crippen molar-refractivity contribution < 1.29 is 22.6 Å². The number of aromatic nitrogens is 2. The van der Waals surface area contributed by atoms with E-state index < -0.39 is 10.0 Å². The van der Waals surface area contributed by atoms with Crippen LogP contribution in [0, 0.1) is 0 Å². The highest BCUT2D eigenvalue weighted by atomic mass is 32.2. The molecule has 0 aliphatic carbocycles. The quantitative estimate of drug-likeness (QED) is 0.524. The van der Waals surface area contributed by atoms with Crippen LogP contribution in [0.3, 0.4) is 0 Å². The van der Waals surface area contributed by atoms with Crippen LogP contribution < -0.4 is 9.47 Å². The van der Waals surface area contributed by atoms with Gasteiger partial charge < -0.3 is 18.8 Å². The highest BCUT2D eigenvalue weighted by molar-refractivity contribution is 7.89. The average Bonchev–Trinajstić information content (AvgIpc) is 3.45. The highest BCUT2D eigenvalue weighted by Crippen LogP contribution is 2.33. The van der Waals surface area contributed by atoms with Crippen molar-refractivity contribution in [2.24, 2.45) is 0 Å². The van der Waals surface area contributed by atoms with E-state index in [1.165, 1.54) is 4.31 Å². The van der Waals surface area contributed by atoms with Crippen LogP contribution in [-0.4, -0.2) is 55.4 Å². The Kier molecular flexibility index (Phi) is 6.09. The van der Waals surface area contributed by atoms with Gasteiger partial charge in [0.1, 0.15) is 5.82 Å². The van der Waals surface area contributed by atoms with E-state index in [-0.39, 0.29) is 11.7 Å². The number of fused-ring (bicyclic) bond motifs is 2. The molecule has 5 rings (SSSR count). The number of morpholine rings is 1. The second kappa shape index (κ2) is 9.17. The molecule has 0 unspecified atom stereocenters. The largest absolute Gasteiger partial charge is 0.454 e. The number of hydrogen-bond acceptors (Lipinski definition) is 6. The maximum Gasteiger partial charge on any atom is 0.243 e. The second-order valence-corrected chi connectivity index (χ2v) is 10.0. The molecule has 33 heavy (non-hydrogen) atoms. The van der Waals surface area contributed by atoms with Crippen LogP contribution in [0.2, 0.25) is 0 Å². The maximum absolute atomic E-state index is 13.1. The Hall–Kier alpha value is -2.88. The van der Waals surface area contributed by atoms with Gasteiger partial charge in [-0.2, -0.15) is 4.31 Å². The molecule has 0 atom stereocenters. The van der Waals surface area contributed by atoms with Crippen molar-refractivity contribution in [1.29, 1.82) is 0 Å². The summed E-state index contributed by atoms with van der Waals surface area (Å²) in [6.45, 7) is 4.77. The minimum atomic E-state index is -3.57. The summed E-state index contributed by atoms with van der Waals surface area (Å²) in [5.74, 6) is 2.27. The fourth-order valence-corrected chi connectivity index (χ4v) is 5.52. The number of aryl methyl sites for hydroxylation is 1. The fraction of sp³-hybridized carbons (Fsp3) is 0.375. The standard InChI is InChI=1S/C24H27N3O5S/c1-2-3-10-27-21-7-6-19(33(28,29)26-11-13-30-14-12-26)16-20(21)25-24(27)9-5-18-4-8-22-23(15-18)32-17-31-22/h4-9,15-16H,2-3,10-14,17H2,1H3/b9-5+. The Morgan fingerprint density at radius 3 is 2.67 bits per heavy atom. The van der Waals surface area contributed by atoms with E-state index >= 15 is 0 Å². The zero-order valence-electron chi connectivity index (χ0n) is 18.6. The molecule has 1 aromatic heterocycles. The van der Waals surface area contributed by atoms with E-state index in [2.05, 4.69) is 11.5 Å². The van der Waals surface area contributed by atoms with Crippen molar-refractivity contribution in [3.05, 3.63) is 47.8 Å². The Morgan fingerprint density at radius 1 is 1.03 bits per heavy atom. The number of ether oxygens (including phenoxy) is 3. The van der Waals surface area contributed by atoms with Crippen LogP contribution in [-0.2, 0) is 21.3 Å². The molecule has 8 nitrogen and oxygen atoms in total. The molecule has 2 aliphatic heterocycles. The number of rotatable bonds is 7. The third kappa shape index (κ3) is 4.36. The molecule has 2 aromatic carbocycles. The molecule has 0 spiro atoms. The lowest BCUT2D eigenvalue weighted by Gasteiger charge is -2.26. The molecule has 1 saturated heterocycles. The molecule has 1 fully saturated rings. The molecule has 0 saturated carbocycles. The first-order valence-electron chi connectivity index (χ1n) is 11.2. The summed E-state index contributed by atoms with van der Waals surface area (Å²) >= 11 is 0. The third-order valence-corrected chi connectivity index (χ3v) is 7.81. The zero-order chi connectivity index (χ0) is 22.8. The molecular formula is C24H27N3O5S. The molecule has 0 amide bonds. The van der Waals surface area contributed by atoms with E-state index in [9.17, 15) is 8.42 Å². The number of hydrogen-bond donors (Lipinski definition) is 0. The minimum Gasteiger partial charge on any atom is -0.454 e. The topological polar surface area (TPSA) is 82.9 Å². The van der Waals surface area contributed by atoms with Crippen LogP contribution in [0.1, 0.15) is 31.2 Å². The first-order valence-corrected chi connectivity index (χ1v) is 12.7. The van der Waals surface area contributed by atoms with E-state index in [1.807, 2.05) is 36.4 Å². The number of benzene rings is 2. The first-order chi connectivity index (χ1) is 16.1. The summed E-state index contributed by atoms with van der Waals surface area (Å²) in [6, 6.07) is 11.0. The minimum absolute atomic E-state index is 0.241. The molecule has 9 heteroatoms. The Bertz CT molecular complexity index is 1290. The highest BCUT2D eigenvalue weighted by Gasteiger charge is 2.27. The van der Waals surface area contributed by atoms with Crippen LogP contribution in [0.15, 0.2) is 41.3 Å². The SMILES string of the molecule is CCCCn1c(/C=C/c2ccc3c(c2)OCO3)nc2cc(S(=O)(=O)N3CCOCC3)ccc21. The van der Waals surface area contributed by atoms with Crippen molar-refractivity contribution in [3.63, 3.8) is 0 Å². The van der Waals surface area contributed by atoms with Crippen LogP contribution in [0.5, 0.6) is 11.5 Å². The van der Waals surface area contributed by atoms with Gasteiger partial charge in [0.2, 0.25) is 16.8 Å². The van der Waals surface area contributed by atoms with Gasteiger partial charge in [-0.1, -0.05) is 25.5 Å². The lowest BCUT2D eigenvalue weighted by molar-refractivity contribution is 0.0730. The number of nitrogens with zero attached hydrogens (tertiary/aromatic N) is 3. The van der Waals surface area contributed by atoms with Crippen LogP contribution in [0.25, 0.3) is 23.2 Å². The molecule has 3 heterocycles. The van der Waals surface area contributed by atoms with Gasteiger partial charge in [0.15, 0.2) is 11.5 Å². The lowest BCUT2D eigenvalue weighted by atomic mass is 10.2. The van der Waals surface area contributed by atoms with Crippen molar-refractivity contribution in [2.75, 3.05) is 33.1 Å². The molecule has 174 valence electrons. The Balaban J connectivity index is 1.49.